The predicted octanol–water partition coefficient (Wildman–Crippen LogP) is 4.89. The second-order valence-corrected chi connectivity index (χ2v) is 7.30. The Morgan fingerprint density at radius 3 is 2.37 bits per heavy atom. The highest BCUT2D eigenvalue weighted by Gasteiger charge is 2.25. The summed E-state index contributed by atoms with van der Waals surface area (Å²) in [4.78, 5) is 24.2. The molecule has 0 spiro atoms. The van der Waals surface area contributed by atoms with Crippen LogP contribution in [0.3, 0.4) is 0 Å². The Balaban J connectivity index is 1.61. The Kier molecular flexibility index (Phi) is 6.14. The Labute approximate surface area is 167 Å². The molecular weight excluding hydrogens is 385 g/mol. The van der Waals surface area contributed by atoms with Crippen molar-refractivity contribution >= 4 is 46.4 Å². The maximum absolute atomic E-state index is 12.2. The van der Waals surface area contributed by atoms with Crippen molar-refractivity contribution in [1.29, 1.82) is 0 Å². The van der Waals surface area contributed by atoms with E-state index in [4.69, 9.17) is 23.2 Å². The molecule has 0 aromatic heterocycles. The van der Waals surface area contributed by atoms with Crippen LogP contribution >= 0.6 is 23.2 Å². The molecule has 0 heterocycles. The fourth-order valence-electron chi connectivity index (χ4n) is 2.64. The molecule has 0 atom stereocenters. The quantitative estimate of drug-likeness (QED) is 0.551. The van der Waals surface area contributed by atoms with Gasteiger partial charge in [0, 0.05) is 16.6 Å². The van der Waals surface area contributed by atoms with E-state index < -0.39 is 5.91 Å². The van der Waals surface area contributed by atoms with E-state index in [1.807, 2.05) is 24.3 Å². The number of rotatable bonds is 5. The number of carbonyl (C=O) groups excluding carboxylic acids is 2. The first-order chi connectivity index (χ1) is 12.9. The van der Waals surface area contributed by atoms with Gasteiger partial charge in [-0.05, 0) is 55.7 Å². The molecular formula is C20H19Cl2N3O2. The monoisotopic (exact) mass is 403 g/mol. The topological polar surface area (TPSA) is 70.6 Å². The second-order valence-electron chi connectivity index (χ2n) is 6.46. The maximum Gasteiger partial charge on any atom is 0.272 e. The fraction of sp³-hybridized carbons (Fsp3) is 0.250. The molecule has 0 aliphatic heterocycles. The average molecular weight is 404 g/mol. The Hall–Kier alpha value is -2.37. The molecule has 7 heteroatoms. The van der Waals surface area contributed by atoms with Crippen molar-refractivity contribution in [3.63, 3.8) is 0 Å². The van der Waals surface area contributed by atoms with Crippen LogP contribution in [0, 0.1) is 5.92 Å². The van der Waals surface area contributed by atoms with Gasteiger partial charge in [-0.25, -0.2) is 5.43 Å². The minimum absolute atomic E-state index is 0.0755. The molecule has 1 aliphatic carbocycles. The molecule has 0 saturated heterocycles. The normalized spacial score (nSPS) is 14.4. The Morgan fingerprint density at radius 2 is 1.78 bits per heavy atom. The van der Waals surface area contributed by atoms with Crippen LogP contribution in [0.2, 0.25) is 10.0 Å². The first kappa shape index (κ1) is 19.4. The van der Waals surface area contributed by atoms with E-state index in [0.717, 1.165) is 30.5 Å². The molecule has 1 aliphatic rings. The lowest BCUT2D eigenvalue weighted by Gasteiger charge is -2.24. The van der Waals surface area contributed by atoms with Crippen molar-refractivity contribution in [3.8, 4) is 0 Å². The van der Waals surface area contributed by atoms with Gasteiger partial charge in [0.1, 0.15) is 0 Å². The van der Waals surface area contributed by atoms with Crippen molar-refractivity contribution < 1.29 is 9.59 Å². The standard InChI is InChI=1S/C20H19Cl2N3O2/c1-12(24-25-20(27)17-10-7-15(21)11-18(17)22)13-5-8-16(9-6-13)23-19(26)14-3-2-4-14/h5-11,14H,2-4H2,1H3,(H,23,26)(H,25,27)/b24-12+. The van der Waals surface area contributed by atoms with E-state index >= 15 is 0 Å². The third-order valence-electron chi connectivity index (χ3n) is 4.55. The molecule has 27 heavy (non-hydrogen) atoms. The summed E-state index contributed by atoms with van der Waals surface area (Å²) < 4.78 is 0. The summed E-state index contributed by atoms with van der Waals surface area (Å²) >= 11 is 11.9. The fourth-order valence-corrected chi connectivity index (χ4v) is 3.14. The minimum atomic E-state index is -0.416. The lowest BCUT2D eigenvalue weighted by Crippen LogP contribution is -2.28. The third kappa shape index (κ3) is 4.87. The van der Waals surface area contributed by atoms with Gasteiger partial charge in [-0.2, -0.15) is 5.10 Å². The molecule has 3 rings (SSSR count). The summed E-state index contributed by atoms with van der Waals surface area (Å²) in [6, 6.07) is 12.0. The molecule has 2 amide bonds. The Bertz CT molecular complexity index is 891. The van der Waals surface area contributed by atoms with Crippen LogP contribution in [0.4, 0.5) is 5.69 Å². The first-order valence-electron chi connectivity index (χ1n) is 8.65. The van der Waals surface area contributed by atoms with Crippen LogP contribution in [-0.4, -0.2) is 17.5 Å². The molecule has 140 valence electrons. The molecule has 2 aromatic carbocycles. The van der Waals surface area contributed by atoms with Gasteiger partial charge in [-0.3, -0.25) is 9.59 Å². The average Bonchev–Trinajstić information content (AvgIpc) is 2.58. The van der Waals surface area contributed by atoms with Crippen molar-refractivity contribution in [2.45, 2.75) is 26.2 Å². The summed E-state index contributed by atoms with van der Waals surface area (Å²) in [7, 11) is 0. The molecule has 0 radical (unpaired) electrons. The number of benzene rings is 2. The molecule has 1 saturated carbocycles. The predicted molar refractivity (Wildman–Crippen MR) is 109 cm³/mol. The summed E-state index contributed by atoms with van der Waals surface area (Å²) in [5.74, 6) is -0.199. The number of hydrogen-bond donors (Lipinski definition) is 2. The number of hydrazone groups is 1. The van der Waals surface area contributed by atoms with Gasteiger partial charge >= 0.3 is 0 Å². The van der Waals surface area contributed by atoms with E-state index in [9.17, 15) is 9.59 Å². The number of hydrogen-bond acceptors (Lipinski definition) is 3. The number of nitrogens with zero attached hydrogens (tertiary/aromatic N) is 1. The van der Waals surface area contributed by atoms with Crippen molar-refractivity contribution in [1.82, 2.24) is 5.43 Å². The van der Waals surface area contributed by atoms with E-state index in [1.54, 1.807) is 19.1 Å². The smallest absolute Gasteiger partial charge is 0.272 e. The van der Waals surface area contributed by atoms with Gasteiger partial charge in [0.2, 0.25) is 5.91 Å². The van der Waals surface area contributed by atoms with Crippen LogP contribution in [0.25, 0.3) is 0 Å². The SMILES string of the molecule is C/C(=N\NC(=O)c1ccc(Cl)cc1Cl)c1ccc(NC(=O)C2CCC2)cc1. The van der Waals surface area contributed by atoms with Crippen molar-refractivity contribution in [3.05, 3.63) is 63.6 Å². The Morgan fingerprint density at radius 1 is 1.07 bits per heavy atom. The van der Waals surface area contributed by atoms with Gasteiger partial charge in [0.15, 0.2) is 0 Å². The largest absolute Gasteiger partial charge is 0.326 e. The van der Waals surface area contributed by atoms with E-state index in [0.29, 0.717) is 16.3 Å². The first-order valence-corrected chi connectivity index (χ1v) is 9.40. The van der Waals surface area contributed by atoms with Gasteiger partial charge in [-0.1, -0.05) is 41.8 Å². The number of halogens is 2. The summed E-state index contributed by atoms with van der Waals surface area (Å²) in [6.07, 6.45) is 3.06. The second kappa shape index (κ2) is 8.55. The van der Waals surface area contributed by atoms with E-state index in [2.05, 4.69) is 15.8 Å². The lowest BCUT2D eigenvalue weighted by atomic mass is 9.85. The van der Waals surface area contributed by atoms with E-state index in [1.165, 1.54) is 6.07 Å². The van der Waals surface area contributed by atoms with Gasteiger partial charge < -0.3 is 5.32 Å². The minimum Gasteiger partial charge on any atom is -0.326 e. The number of nitrogens with one attached hydrogen (secondary N) is 2. The highest BCUT2D eigenvalue weighted by atomic mass is 35.5. The third-order valence-corrected chi connectivity index (χ3v) is 5.09. The molecule has 5 nitrogen and oxygen atoms in total. The lowest BCUT2D eigenvalue weighted by molar-refractivity contribution is -0.122. The van der Waals surface area contributed by atoms with Crippen molar-refractivity contribution in [2.24, 2.45) is 11.0 Å². The molecule has 0 unspecified atom stereocenters. The molecule has 1 fully saturated rings. The van der Waals surface area contributed by atoms with Crippen LogP contribution in [0.5, 0.6) is 0 Å². The number of carbonyl (C=O) groups is 2. The highest BCUT2D eigenvalue weighted by molar-refractivity contribution is 6.36. The number of amides is 2. The zero-order chi connectivity index (χ0) is 19.4. The van der Waals surface area contributed by atoms with Crippen LogP contribution < -0.4 is 10.7 Å². The zero-order valence-corrected chi connectivity index (χ0v) is 16.3. The van der Waals surface area contributed by atoms with Crippen molar-refractivity contribution in [2.75, 3.05) is 5.32 Å². The van der Waals surface area contributed by atoms with Gasteiger partial charge in [-0.15, -0.1) is 0 Å². The molecule has 0 bridgehead atoms. The number of anilines is 1. The zero-order valence-electron chi connectivity index (χ0n) is 14.8. The highest BCUT2D eigenvalue weighted by Crippen LogP contribution is 2.27. The van der Waals surface area contributed by atoms with Crippen LogP contribution in [-0.2, 0) is 4.79 Å². The molecule has 2 aromatic rings. The van der Waals surface area contributed by atoms with Gasteiger partial charge in [0.05, 0.1) is 16.3 Å². The summed E-state index contributed by atoms with van der Waals surface area (Å²) in [5, 5.41) is 7.75. The van der Waals surface area contributed by atoms with Gasteiger partial charge in [0.25, 0.3) is 5.91 Å². The summed E-state index contributed by atoms with van der Waals surface area (Å²) in [6.45, 7) is 1.78. The van der Waals surface area contributed by atoms with Crippen LogP contribution in [0.1, 0.15) is 42.1 Å². The maximum atomic E-state index is 12.2. The molecule has 2 N–H and O–H groups in total. The summed E-state index contributed by atoms with van der Waals surface area (Å²) in [5.41, 5.74) is 5.00. The van der Waals surface area contributed by atoms with E-state index in [-0.39, 0.29) is 16.8 Å². The van der Waals surface area contributed by atoms with Crippen LogP contribution in [0.15, 0.2) is 47.6 Å².